The average molecular weight is 368 g/mol. The number of carbonyl (C=O) groups is 1. The predicted octanol–water partition coefficient (Wildman–Crippen LogP) is 3.89. The summed E-state index contributed by atoms with van der Waals surface area (Å²) in [5, 5.41) is 16.1. The Bertz CT molecular complexity index is 836. The maximum Gasteiger partial charge on any atom is 0.283 e. The van der Waals surface area contributed by atoms with Crippen LogP contribution in [0.15, 0.2) is 39.9 Å². The van der Waals surface area contributed by atoms with E-state index in [-0.39, 0.29) is 17.3 Å². The van der Waals surface area contributed by atoms with Crippen LogP contribution in [-0.2, 0) is 4.79 Å². The highest BCUT2D eigenvalue weighted by molar-refractivity contribution is 8.27. The van der Waals surface area contributed by atoms with E-state index in [1.807, 2.05) is 24.3 Å². The number of benzene rings is 1. The number of rotatable bonds is 3. The zero-order valence-corrected chi connectivity index (χ0v) is 15.4. The molecular weight excluding hydrogens is 348 g/mol. The molecule has 1 N–H and O–H groups in total. The number of carbonyl (C=O) groups excluding carboxylic acids is 1. The minimum atomic E-state index is -0.385. The monoisotopic (exact) mass is 368 g/mol. The van der Waals surface area contributed by atoms with E-state index in [4.69, 9.17) is 10.1 Å². The normalized spacial score (nSPS) is 22.3. The van der Waals surface area contributed by atoms with Gasteiger partial charge in [0.05, 0.1) is 12.7 Å². The van der Waals surface area contributed by atoms with E-state index < -0.39 is 0 Å². The summed E-state index contributed by atoms with van der Waals surface area (Å²) in [5.41, 5.74) is 1.08. The fourth-order valence-corrected chi connectivity index (χ4v) is 4.45. The smallest absolute Gasteiger partial charge is 0.283 e. The van der Waals surface area contributed by atoms with Gasteiger partial charge in [-0.3, -0.25) is 10.2 Å². The van der Waals surface area contributed by atoms with E-state index in [2.05, 4.69) is 10.1 Å². The van der Waals surface area contributed by atoms with Crippen LogP contribution >= 0.6 is 11.8 Å². The Labute approximate surface area is 156 Å². The molecule has 1 aliphatic carbocycles. The van der Waals surface area contributed by atoms with Crippen LogP contribution in [0.25, 0.3) is 6.08 Å². The average Bonchev–Trinajstić information content (AvgIpc) is 3.10. The first-order chi connectivity index (χ1) is 12.7. The van der Waals surface area contributed by atoms with Crippen LogP contribution in [-0.4, -0.2) is 34.1 Å². The molecule has 1 saturated carbocycles. The first kappa shape index (κ1) is 17.0. The molecule has 0 bridgehead atoms. The van der Waals surface area contributed by atoms with Gasteiger partial charge in [-0.2, -0.15) is 15.1 Å². The zero-order valence-electron chi connectivity index (χ0n) is 14.6. The van der Waals surface area contributed by atoms with Crippen LogP contribution in [0.4, 0.5) is 0 Å². The molecule has 2 aliphatic heterocycles. The van der Waals surface area contributed by atoms with Gasteiger partial charge in [0.1, 0.15) is 10.8 Å². The van der Waals surface area contributed by atoms with E-state index >= 15 is 0 Å². The number of amides is 1. The van der Waals surface area contributed by atoms with Crippen molar-refractivity contribution in [2.75, 3.05) is 7.11 Å². The summed E-state index contributed by atoms with van der Waals surface area (Å²) in [7, 11) is 1.61. The molecule has 6 nitrogen and oxygen atoms in total. The molecule has 0 atom stereocenters. The third-order valence-corrected chi connectivity index (χ3v) is 5.92. The third kappa shape index (κ3) is 3.19. The number of ether oxygens (including phenoxy) is 1. The van der Waals surface area contributed by atoms with E-state index in [9.17, 15) is 4.79 Å². The summed E-state index contributed by atoms with van der Waals surface area (Å²) in [6, 6.07) is 7.34. The molecule has 1 aromatic carbocycles. The molecule has 0 spiro atoms. The fourth-order valence-electron chi connectivity index (χ4n) is 3.39. The lowest BCUT2D eigenvalue weighted by molar-refractivity contribution is -0.114. The quantitative estimate of drug-likeness (QED) is 0.821. The van der Waals surface area contributed by atoms with Crippen molar-refractivity contribution < 1.29 is 9.53 Å². The second-order valence-electron chi connectivity index (χ2n) is 6.57. The van der Waals surface area contributed by atoms with Crippen LogP contribution in [0, 0.1) is 11.3 Å². The van der Waals surface area contributed by atoms with Crippen molar-refractivity contribution in [2.45, 2.75) is 32.1 Å². The number of nitrogens with zero attached hydrogens (tertiary/aromatic N) is 3. The molecule has 1 aromatic rings. The van der Waals surface area contributed by atoms with Gasteiger partial charge in [0, 0.05) is 5.92 Å². The zero-order chi connectivity index (χ0) is 18.1. The first-order valence-corrected chi connectivity index (χ1v) is 9.61. The lowest BCUT2D eigenvalue weighted by Gasteiger charge is -2.20. The van der Waals surface area contributed by atoms with Gasteiger partial charge in [-0.1, -0.05) is 31.4 Å². The molecule has 26 heavy (non-hydrogen) atoms. The minimum Gasteiger partial charge on any atom is -0.497 e. The first-order valence-electron chi connectivity index (χ1n) is 8.80. The lowest BCUT2D eigenvalue weighted by Crippen LogP contribution is -2.35. The van der Waals surface area contributed by atoms with Gasteiger partial charge in [0.2, 0.25) is 5.17 Å². The number of thioether (sulfide) groups is 1. The van der Waals surface area contributed by atoms with E-state index in [1.165, 1.54) is 36.0 Å². The Morgan fingerprint density at radius 1 is 1.23 bits per heavy atom. The minimum absolute atomic E-state index is 0.0918. The standard InChI is InChI=1S/C19H20N4O2S/c1-25-14-9-7-12(8-10-14)11-15-16(20)23-19(21-17(15)24)26-18(22-23)13-5-3-2-4-6-13/h7-11,13,20H,2-6H2,1H3/b15-11-,20-16?. The van der Waals surface area contributed by atoms with Crippen LogP contribution in [0.2, 0.25) is 0 Å². The van der Waals surface area contributed by atoms with Crippen molar-refractivity contribution in [2.24, 2.45) is 16.0 Å². The van der Waals surface area contributed by atoms with Gasteiger partial charge in [-0.25, -0.2) is 0 Å². The molecule has 4 rings (SSSR count). The van der Waals surface area contributed by atoms with Crippen LogP contribution in [0.5, 0.6) is 5.75 Å². The van der Waals surface area contributed by atoms with Crippen LogP contribution in [0.1, 0.15) is 37.7 Å². The van der Waals surface area contributed by atoms with E-state index in [0.717, 1.165) is 29.2 Å². The van der Waals surface area contributed by atoms with Crippen molar-refractivity contribution in [3.05, 3.63) is 35.4 Å². The summed E-state index contributed by atoms with van der Waals surface area (Å²) in [6.07, 6.45) is 7.66. The number of hydrogen-bond donors (Lipinski definition) is 1. The molecule has 1 amide bonds. The van der Waals surface area contributed by atoms with E-state index in [1.54, 1.807) is 13.2 Å². The molecule has 2 heterocycles. The summed E-state index contributed by atoms with van der Waals surface area (Å²) >= 11 is 1.44. The highest BCUT2D eigenvalue weighted by Gasteiger charge is 2.37. The number of hydrazone groups is 1. The molecule has 1 fully saturated rings. The third-order valence-electron chi connectivity index (χ3n) is 4.85. The van der Waals surface area contributed by atoms with Gasteiger partial charge in [0.25, 0.3) is 5.91 Å². The molecule has 0 aromatic heterocycles. The van der Waals surface area contributed by atoms with Crippen molar-refractivity contribution in [1.29, 1.82) is 5.41 Å². The largest absolute Gasteiger partial charge is 0.497 e. The molecule has 0 radical (unpaired) electrons. The van der Waals surface area contributed by atoms with Crippen molar-refractivity contribution >= 4 is 39.8 Å². The van der Waals surface area contributed by atoms with Crippen molar-refractivity contribution in [3.63, 3.8) is 0 Å². The second-order valence-corrected chi connectivity index (χ2v) is 7.55. The molecule has 0 saturated heterocycles. The number of aliphatic imine (C=N–C) groups is 1. The highest BCUT2D eigenvalue weighted by Crippen LogP contribution is 2.36. The molecule has 7 heteroatoms. The number of methoxy groups -OCH3 is 1. The summed E-state index contributed by atoms with van der Waals surface area (Å²) in [4.78, 5) is 16.6. The van der Waals surface area contributed by atoms with Gasteiger partial charge in [0.15, 0.2) is 5.84 Å². The molecule has 0 unspecified atom stereocenters. The molecule has 3 aliphatic rings. The maximum absolute atomic E-state index is 12.4. The van der Waals surface area contributed by atoms with Gasteiger partial charge < -0.3 is 4.74 Å². The highest BCUT2D eigenvalue weighted by atomic mass is 32.2. The topological polar surface area (TPSA) is 78.1 Å². The number of hydrogen-bond acceptors (Lipinski definition) is 5. The Hall–Kier alpha value is -2.41. The second kappa shape index (κ2) is 7.07. The summed E-state index contributed by atoms with van der Waals surface area (Å²) in [6.45, 7) is 0. The predicted molar refractivity (Wildman–Crippen MR) is 105 cm³/mol. The Balaban J connectivity index is 1.60. The fraction of sp³-hybridized carbons (Fsp3) is 0.368. The summed E-state index contributed by atoms with van der Waals surface area (Å²) < 4.78 is 5.15. The van der Waals surface area contributed by atoms with Crippen LogP contribution < -0.4 is 4.74 Å². The lowest BCUT2D eigenvalue weighted by atomic mass is 9.90. The summed E-state index contributed by atoms with van der Waals surface area (Å²) in [5.74, 6) is 0.882. The SMILES string of the molecule is COc1ccc(/C=C2/C(=N)N3N=C(C4CCCCC4)SC3=NC2=O)cc1. The number of amidine groups is 2. The van der Waals surface area contributed by atoms with Gasteiger partial charge in [-0.15, -0.1) is 0 Å². The van der Waals surface area contributed by atoms with E-state index in [0.29, 0.717) is 11.1 Å². The van der Waals surface area contributed by atoms with Crippen molar-refractivity contribution in [1.82, 2.24) is 5.01 Å². The number of nitrogens with one attached hydrogen (secondary N) is 1. The molecular formula is C19H20N4O2S. The van der Waals surface area contributed by atoms with Crippen LogP contribution in [0.3, 0.4) is 0 Å². The molecule has 134 valence electrons. The van der Waals surface area contributed by atoms with Crippen molar-refractivity contribution in [3.8, 4) is 5.75 Å². The Kier molecular flexibility index (Phi) is 4.63. The Morgan fingerprint density at radius 2 is 1.96 bits per heavy atom. The maximum atomic E-state index is 12.4. The van der Waals surface area contributed by atoms with Gasteiger partial charge in [-0.05, 0) is 48.4 Å². The Morgan fingerprint density at radius 3 is 2.65 bits per heavy atom. The van der Waals surface area contributed by atoms with Gasteiger partial charge >= 0.3 is 0 Å². The number of fused-ring (bicyclic) bond motifs is 1.